The predicted molar refractivity (Wildman–Crippen MR) is 44.9 cm³/mol. The molecule has 0 aliphatic carbocycles. The molecule has 0 radical (unpaired) electrons. The van der Waals surface area contributed by atoms with E-state index in [1.807, 2.05) is 20.8 Å². The molecule has 2 fully saturated rings. The lowest BCUT2D eigenvalue weighted by Crippen LogP contribution is -2.30. The van der Waals surface area contributed by atoms with Crippen molar-refractivity contribution in [1.29, 1.82) is 0 Å². The van der Waals surface area contributed by atoms with E-state index in [-0.39, 0.29) is 31.0 Å². The van der Waals surface area contributed by atoms with Crippen LogP contribution in [0.25, 0.3) is 0 Å². The fourth-order valence-electron chi connectivity index (χ4n) is 1.94. The van der Waals surface area contributed by atoms with Gasteiger partial charge in [0, 0.05) is 5.92 Å². The maximum absolute atomic E-state index is 8.99. The molecule has 0 aromatic rings. The molecule has 13 heavy (non-hydrogen) atoms. The molecule has 2 saturated heterocycles. The molecule has 0 bridgehead atoms. The zero-order chi connectivity index (χ0) is 9.64. The third kappa shape index (κ3) is 1.48. The van der Waals surface area contributed by atoms with E-state index < -0.39 is 5.79 Å². The second-order valence-corrected chi connectivity index (χ2v) is 4.18. The third-order valence-electron chi connectivity index (χ3n) is 2.68. The van der Waals surface area contributed by atoms with E-state index in [1.54, 1.807) is 0 Å². The van der Waals surface area contributed by atoms with Gasteiger partial charge in [0.05, 0.1) is 12.7 Å². The van der Waals surface area contributed by atoms with E-state index >= 15 is 0 Å². The van der Waals surface area contributed by atoms with E-state index in [2.05, 4.69) is 0 Å². The van der Waals surface area contributed by atoms with Gasteiger partial charge in [0.25, 0.3) is 0 Å². The van der Waals surface area contributed by atoms with Crippen LogP contribution >= 0.6 is 0 Å². The number of aliphatic hydroxyl groups is 1. The number of ether oxygens (including phenoxy) is 3. The van der Waals surface area contributed by atoms with Gasteiger partial charge >= 0.3 is 0 Å². The normalized spacial score (nSPS) is 48.0. The number of hydrogen-bond donors (Lipinski definition) is 1. The van der Waals surface area contributed by atoms with Crippen LogP contribution in [0.3, 0.4) is 0 Å². The molecule has 76 valence electrons. The minimum Gasteiger partial charge on any atom is -0.394 e. The molecule has 4 nitrogen and oxygen atoms in total. The van der Waals surface area contributed by atoms with Crippen LogP contribution in [-0.2, 0) is 14.2 Å². The largest absolute Gasteiger partial charge is 0.394 e. The smallest absolute Gasteiger partial charge is 0.187 e. The van der Waals surface area contributed by atoms with Gasteiger partial charge in [-0.25, -0.2) is 0 Å². The predicted octanol–water partition coefficient (Wildman–Crippen LogP) is 0.491. The second kappa shape index (κ2) is 2.92. The molecule has 0 aromatic heterocycles. The summed E-state index contributed by atoms with van der Waals surface area (Å²) in [6.07, 6.45) is -0.486. The van der Waals surface area contributed by atoms with E-state index in [1.165, 1.54) is 0 Å². The molecular weight excluding hydrogens is 172 g/mol. The van der Waals surface area contributed by atoms with E-state index in [0.29, 0.717) is 0 Å². The molecule has 1 N–H and O–H groups in total. The summed E-state index contributed by atoms with van der Waals surface area (Å²) in [5, 5.41) is 8.99. The molecule has 4 heteroatoms. The Morgan fingerprint density at radius 2 is 2.00 bits per heavy atom. The Morgan fingerprint density at radius 3 is 2.54 bits per heavy atom. The van der Waals surface area contributed by atoms with Crippen LogP contribution in [0.2, 0.25) is 0 Å². The third-order valence-corrected chi connectivity index (χ3v) is 2.68. The van der Waals surface area contributed by atoms with Crippen molar-refractivity contribution >= 4 is 0 Å². The van der Waals surface area contributed by atoms with Crippen LogP contribution in [0.4, 0.5) is 0 Å². The summed E-state index contributed by atoms with van der Waals surface area (Å²) in [4.78, 5) is 0. The van der Waals surface area contributed by atoms with Crippen molar-refractivity contribution in [2.75, 3.05) is 6.61 Å². The number of rotatable bonds is 1. The molecule has 2 heterocycles. The SMILES string of the molecule is C[C@H]1[C@H]2OC(C)(C)O[C@H]2O[C@@H]1CO. The Balaban J connectivity index is 2.07. The van der Waals surface area contributed by atoms with Gasteiger partial charge in [-0.1, -0.05) is 6.92 Å². The van der Waals surface area contributed by atoms with E-state index in [0.717, 1.165) is 0 Å². The molecule has 2 aliphatic heterocycles. The van der Waals surface area contributed by atoms with E-state index in [9.17, 15) is 0 Å². The van der Waals surface area contributed by atoms with Gasteiger partial charge in [-0.2, -0.15) is 0 Å². The van der Waals surface area contributed by atoms with Gasteiger partial charge < -0.3 is 19.3 Å². The fraction of sp³-hybridized carbons (Fsp3) is 1.00. The first-order chi connectivity index (χ1) is 6.03. The zero-order valence-electron chi connectivity index (χ0n) is 8.19. The highest BCUT2D eigenvalue weighted by atomic mass is 16.8. The Labute approximate surface area is 77.8 Å². The molecule has 0 amide bonds. The summed E-state index contributed by atoms with van der Waals surface area (Å²) < 4.78 is 16.7. The average Bonchev–Trinajstić information content (AvgIpc) is 2.47. The van der Waals surface area contributed by atoms with Crippen molar-refractivity contribution in [3.63, 3.8) is 0 Å². The Hall–Kier alpha value is -0.160. The molecular formula is C9H16O4. The summed E-state index contributed by atoms with van der Waals surface area (Å²) in [6, 6.07) is 0. The van der Waals surface area contributed by atoms with E-state index in [4.69, 9.17) is 19.3 Å². The molecule has 2 rings (SSSR count). The monoisotopic (exact) mass is 188 g/mol. The quantitative estimate of drug-likeness (QED) is 0.650. The number of hydrogen-bond acceptors (Lipinski definition) is 4. The van der Waals surface area contributed by atoms with Crippen molar-refractivity contribution in [2.24, 2.45) is 5.92 Å². The minimum absolute atomic E-state index is 0.0291. The van der Waals surface area contributed by atoms with Gasteiger partial charge in [0.2, 0.25) is 0 Å². The Morgan fingerprint density at radius 1 is 1.31 bits per heavy atom. The lowest BCUT2D eigenvalue weighted by atomic mass is 10.0. The highest BCUT2D eigenvalue weighted by Crippen LogP contribution is 2.40. The van der Waals surface area contributed by atoms with Crippen LogP contribution in [-0.4, -0.2) is 36.0 Å². The molecule has 4 atom stereocenters. The summed E-state index contributed by atoms with van der Waals surface area (Å²) in [5.41, 5.74) is 0. The van der Waals surface area contributed by atoms with Crippen LogP contribution < -0.4 is 0 Å². The van der Waals surface area contributed by atoms with Crippen LogP contribution in [0, 0.1) is 5.92 Å². The first-order valence-corrected chi connectivity index (χ1v) is 4.65. The van der Waals surface area contributed by atoms with Gasteiger partial charge in [-0.05, 0) is 13.8 Å². The molecule has 0 unspecified atom stereocenters. The standard InChI is InChI=1S/C9H16O4/c1-5-6(4-10)11-8-7(5)12-9(2,3)13-8/h5-8,10H,4H2,1-3H3/t5-,6-,7-,8-/m1/s1. The average molecular weight is 188 g/mol. The molecule has 0 spiro atoms. The van der Waals surface area contributed by atoms with Crippen LogP contribution in [0.15, 0.2) is 0 Å². The Kier molecular flexibility index (Phi) is 2.11. The lowest BCUT2D eigenvalue weighted by Gasteiger charge is -2.22. The lowest BCUT2D eigenvalue weighted by molar-refractivity contribution is -0.212. The maximum atomic E-state index is 8.99. The van der Waals surface area contributed by atoms with Crippen LogP contribution in [0.1, 0.15) is 20.8 Å². The van der Waals surface area contributed by atoms with Crippen molar-refractivity contribution in [2.45, 2.75) is 45.1 Å². The number of fused-ring (bicyclic) bond motifs is 1. The number of aliphatic hydroxyl groups excluding tert-OH is 1. The summed E-state index contributed by atoms with van der Waals surface area (Å²) in [5.74, 6) is -0.360. The molecule has 0 aromatic carbocycles. The summed E-state index contributed by atoms with van der Waals surface area (Å²) in [6.45, 7) is 5.78. The van der Waals surface area contributed by atoms with Crippen molar-refractivity contribution in [3.8, 4) is 0 Å². The minimum atomic E-state index is -0.552. The highest BCUT2D eigenvalue weighted by Gasteiger charge is 2.52. The second-order valence-electron chi connectivity index (χ2n) is 4.18. The summed E-state index contributed by atoms with van der Waals surface area (Å²) in [7, 11) is 0. The summed E-state index contributed by atoms with van der Waals surface area (Å²) >= 11 is 0. The Bertz CT molecular complexity index is 204. The first-order valence-electron chi connectivity index (χ1n) is 4.65. The van der Waals surface area contributed by atoms with Gasteiger partial charge in [-0.15, -0.1) is 0 Å². The maximum Gasteiger partial charge on any atom is 0.187 e. The van der Waals surface area contributed by atoms with Crippen molar-refractivity contribution < 1.29 is 19.3 Å². The van der Waals surface area contributed by atoms with Crippen LogP contribution in [0.5, 0.6) is 0 Å². The van der Waals surface area contributed by atoms with Crippen molar-refractivity contribution in [3.05, 3.63) is 0 Å². The molecule has 0 saturated carbocycles. The van der Waals surface area contributed by atoms with Gasteiger partial charge in [0.15, 0.2) is 12.1 Å². The topological polar surface area (TPSA) is 47.9 Å². The molecule has 2 aliphatic rings. The zero-order valence-corrected chi connectivity index (χ0v) is 8.19. The highest BCUT2D eigenvalue weighted by molar-refractivity contribution is 4.90. The fourth-order valence-corrected chi connectivity index (χ4v) is 1.94. The van der Waals surface area contributed by atoms with Crippen molar-refractivity contribution in [1.82, 2.24) is 0 Å². The first kappa shape index (κ1) is 9.40. The van der Waals surface area contributed by atoms with Gasteiger partial charge in [-0.3, -0.25) is 0 Å². The van der Waals surface area contributed by atoms with Gasteiger partial charge in [0.1, 0.15) is 6.10 Å².